The van der Waals surface area contributed by atoms with Crippen LogP contribution in [0.4, 0.5) is 5.69 Å². The third-order valence-electron chi connectivity index (χ3n) is 4.71. The van der Waals surface area contributed by atoms with Gasteiger partial charge in [-0.3, -0.25) is 14.4 Å². The molecule has 1 aromatic carbocycles. The Labute approximate surface area is 183 Å². The van der Waals surface area contributed by atoms with Crippen molar-refractivity contribution in [2.75, 3.05) is 26.2 Å². The highest BCUT2D eigenvalue weighted by molar-refractivity contribution is 14.1. The average molecular weight is 503 g/mol. The number of halogens is 1. The fourth-order valence-corrected chi connectivity index (χ4v) is 3.83. The molecule has 150 valence electrons. The Morgan fingerprint density at radius 2 is 1.86 bits per heavy atom. The molecule has 0 saturated carbocycles. The number of carbonyl (C=O) groups excluding carboxylic acids is 1. The SMILES string of the molecule is C=CC(=O)N1CCN(C(=C)c2nc(=O)n(-c3ccccc3I)cc2N=CC)CC1. The van der Waals surface area contributed by atoms with Crippen LogP contribution in [0.5, 0.6) is 0 Å². The van der Waals surface area contributed by atoms with Gasteiger partial charge in [0.2, 0.25) is 5.91 Å². The predicted octanol–water partition coefficient (Wildman–Crippen LogP) is 2.86. The van der Waals surface area contributed by atoms with E-state index in [-0.39, 0.29) is 11.6 Å². The van der Waals surface area contributed by atoms with E-state index in [2.05, 4.69) is 45.7 Å². The standard InChI is InChI=1S/C21H22IN5O2/c1-4-19(28)26-12-10-25(11-13-26)15(3)20-17(23-5-2)14-27(21(29)24-20)18-9-7-6-8-16(18)22/h4-9,14H,1,3,10-13H2,2H3. The van der Waals surface area contributed by atoms with E-state index >= 15 is 0 Å². The monoisotopic (exact) mass is 503 g/mol. The Morgan fingerprint density at radius 3 is 2.48 bits per heavy atom. The van der Waals surface area contributed by atoms with Crippen LogP contribution >= 0.6 is 22.6 Å². The first-order chi connectivity index (χ1) is 14.0. The highest BCUT2D eigenvalue weighted by atomic mass is 127. The molecular formula is C21H22IN5O2. The number of hydrogen-bond donors (Lipinski definition) is 0. The summed E-state index contributed by atoms with van der Waals surface area (Å²) >= 11 is 2.19. The number of rotatable bonds is 5. The van der Waals surface area contributed by atoms with Crippen LogP contribution in [0.1, 0.15) is 12.6 Å². The van der Waals surface area contributed by atoms with Crippen molar-refractivity contribution in [3.05, 3.63) is 69.4 Å². The second kappa shape index (κ2) is 9.17. The largest absolute Gasteiger partial charge is 0.367 e. The lowest BCUT2D eigenvalue weighted by Gasteiger charge is -2.36. The second-order valence-corrected chi connectivity index (χ2v) is 7.59. The lowest BCUT2D eigenvalue weighted by molar-refractivity contribution is -0.127. The van der Waals surface area contributed by atoms with Crippen molar-refractivity contribution < 1.29 is 4.79 Å². The molecule has 2 aromatic rings. The molecule has 7 nitrogen and oxygen atoms in total. The zero-order valence-corrected chi connectivity index (χ0v) is 18.4. The van der Waals surface area contributed by atoms with Gasteiger partial charge in [0, 0.05) is 42.2 Å². The minimum Gasteiger partial charge on any atom is -0.367 e. The Morgan fingerprint density at radius 1 is 1.21 bits per heavy atom. The van der Waals surface area contributed by atoms with E-state index in [4.69, 9.17) is 0 Å². The summed E-state index contributed by atoms with van der Waals surface area (Å²) in [6.07, 6.45) is 4.69. The topological polar surface area (TPSA) is 70.8 Å². The molecule has 0 radical (unpaired) electrons. The van der Waals surface area contributed by atoms with Gasteiger partial charge in [-0.05, 0) is 47.7 Å². The zero-order valence-electron chi connectivity index (χ0n) is 16.2. The summed E-state index contributed by atoms with van der Waals surface area (Å²) in [5, 5.41) is 0. The van der Waals surface area contributed by atoms with Crippen LogP contribution < -0.4 is 5.69 Å². The molecule has 2 heterocycles. The summed E-state index contributed by atoms with van der Waals surface area (Å²) in [5.74, 6) is -0.0790. The Balaban J connectivity index is 1.93. The average Bonchev–Trinajstić information content (AvgIpc) is 2.74. The minimum absolute atomic E-state index is 0.0790. The third-order valence-corrected chi connectivity index (χ3v) is 5.62. The van der Waals surface area contributed by atoms with Crippen molar-refractivity contribution in [2.45, 2.75) is 6.92 Å². The predicted molar refractivity (Wildman–Crippen MR) is 124 cm³/mol. The molecule has 1 saturated heterocycles. The van der Waals surface area contributed by atoms with Gasteiger partial charge in [-0.2, -0.15) is 4.98 Å². The van der Waals surface area contributed by atoms with E-state index in [9.17, 15) is 9.59 Å². The maximum absolute atomic E-state index is 12.8. The van der Waals surface area contributed by atoms with Gasteiger partial charge in [0.05, 0.1) is 11.4 Å². The van der Waals surface area contributed by atoms with Crippen LogP contribution in [0.3, 0.4) is 0 Å². The lowest BCUT2D eigenvalue weighted by atomic mass is 10.2. The molecule has 0 aliphatic carbocycles. The zero-order chi connectivity index (χ0) is 21.0. The molecule has 0 unspecified atom stereocenters. The quantitative estimate of drug-likeness (QED) is 0.358. The Kier molecular flexibility index (Phi) is 6.63. The summed E-state index contributed by atoms with van der Waals surface area (Å²) in [6, 6.07) is 7.60. The number of para-hydroxylation sites is 1. The number of aliphatic imine (C=N–C) groups is 1. The molecule has 1 amide bonds. The van der Waals surface area contributed by atoms with Crippen molar-refractivity contribution in [2.24, 2.45) is 4.99 Å². The maximum Gasteiger partial charge on any atom is 0.352 e. The molecular weight excluding hydrogens is 481 g/mol. The van der Waals surface area contributed by atoms with E-state index in [1.54, 1.807) is 17.3 Å². The highest BCUT2D eigenvalue weighted by Crippen LogP contribution is 2.27. The first-order valence-corrected chi connectivity index (χ1v) is 10.3. The van der Waals surface area contributed by atoms with Gasteiger partial charge in [0.1, 0.15) is 11.4 Å². The van der Waals surface area contributed by atoms with Crippen molar-refractivity contribution in [3.63, 3.8) is 0 Å². The molecule has 1 aliphatic heterocycles. The van der Waals surface area contributed by atoms with Gasteiger partial charge in [0.25, 0.3) is 0 Å². The first-order valence-electron chi connectivity index (χ1n) is 9.19. The van der Waals surface area contributed by atoms with Gasteiger partial charge in [-0.15, -0.1) is 0 Å². The summed E-state index contributed by atoms with van der Waals surface area (Å²) < 4.78 is 2.44. The van der Waals surface area contributed by atoms with E-state index < -0.39 is 0 Å². The number of amides is 1. The van der Waals surface area contributed by atoms with Crippen LogP contribution in [0.25, 0.3) is 11.4 Å². The van der Waals surface area contributed by atoms with Gasteiger partial charge in [0.15, 0.2) is 0 Å². The van der Waals surface area contributed by atoms with Gasteiger partial charge in [-0.1, -0.05) is 25.3 Å². The van der Waals surface area contributed by atoms with Crippen molar-refractivity contribution in [1.29, 1.82) is 0 Å². The van der Waals surface area contributed by atoms with Crippen molar-refractivity contribution in [3.8, 4) is 5.69 Å². The van der Waals surface area contributed by atoms with E-state index in [0.29, 0.717) is 43.3 Å². The molecule has 0 spiro atoms. The number of piperazine rings is 1. The van der Waals surface area contributed by atoms with Crippen LogP contribution in [0, 0.1) is 3.57 Å². The first kappa shape index (κ1) is 21.0. The van der Waals surface area contributed by atoms with Crippen LogP contribution in [0.2, 0.25) is 0 Å². The van der Waals surface area contributed by atoms with Gasteiger partial charge in [-0.25, -0.2) is 4.79 Å². The van der Waals surface area contributed by atoms with E-state index in [0.717, 1.165) is 9.26 Å². The fraction of sp³-hybridized carbons (Fsp3) is 0.238. The number of aromatic nitrogens is 2. The van der Waals surface area contributed by atoms with Gasteiger partial charge < -0.3 is 9.80 Å². The molecule has 1 aliphatic rings. The molecule has 29 heavy (non-hydrogen) atoms. The molecule has 0 N–H and O–H groups in total. The van der Waals surface area contributed by atoms with E-state index in [1.807, 2.05) is 36.1 Å². The van der Waals surface area contributed by atoms with Crippen LogP contribution in [-0.2, 0) is 4.79 Å². The number of carbonyl (C=O) groups is 1. The summed E-state index contributed by atoms with van der Waals surface area (Å²) in [5.41, 5.74) is 2.02. The second-order valence-electron chi connectivity index (χ2n) is 6.43. The fourth-order valence-electron chi connectivity index (χ4n) is 3.19. The normalized spacial score (nSPS) is 14.3. The number of nitrogens with zero attached hydrogens (tertiary/aromatic N) is 5. The maximum atomic E-state index is 12.8. The summed E-state index contributed by atoms with van der Waals surface area (Å²) in [4.78, 5) is 37.1. The molecule has 1 aromatic heterocycles. The molecule has 8 heteroatoms. The molecule has 0 bridgehead atoms. The number of hydrogen-bond acceptors (Lipinski definition) is 5. The Hall–Kier alpha value is -2.75. The molecule has 0 atom stereocenters. The minimum atomic E-state index is -0.388. The Bertz CT molecular complexity index is 1040. The molecule has 1 fully saturated rings. The molecule has 3 rings (SSSR count). The highest BCUT2D eigenvalue weighted by Gasteiger charge is 2.23. The summed E-state index contributed by atoms with van der Waals surface area (Å²) in [7, 11) is 0. The third kappa shape index (κ3) is 4.47. The lowest BCUT2D eigenvalue weighted by Crippen LogP contribution is -2.47. The van der Waals surface area contributed by atoms with Crippen molar-refractivity contribution in [1.82, 2.24) is 19.4 Å². The van der Waals surface area contributed by atoms with E-state index in [1.165, 1.54) is 10.6 Å². The van der Waals surface area contributed by atoms with Crippen LogP contribution in [-0.4, -0.2) is 57.7 Å². The number of benzene rings is 1. The van der Waals surface area contributed by atoms with Crippen LogP contribution in [0.15, 0.2) is 59.5 Å². The summed E-state index contributed by atoms with van der Waals surface area (Å²) in [6.45, 7) is 11.8. The van der Waals surface area contributed by atoms with Crippen molar-refractivity contribution >= 4 is 46.1 Å². The smallest absolute Gasteiger partial charge is 0.352 e. The van der Waals surface area contributed by atoms with Gasteiger partial charge >= 0.3 is 5.69 Å².